The summed E-state index contributed by atoms with van der Waals surface area (Å²) < 4.78 is 26.4. The molecule has 21 heavy (non-hydrogen) atoms. The SMILES string of the molecule is Fc1cc(F)cc(C(Cl)Cc2ccc3ccccc3n2)c1. The van der Waals surface area contributed by atoms with Gasteiger partial charge in [0.2, 0.25) is 0 Å². The zero-order chi connectivity index (χ0) is 14.8. The van der Waals surface area contributed by atoms with Crippen molar-refractivity contribution in [2.45, 2.75) is 11.8 Å². The van der Waals surface area contributed by atoms with Gasteiger partial charge in [-0.1, -0.05) is 24.3 Å². The number of alkyl halides is 1. The molecule has 3 rings (SSSR count). The minimum atomic E-state index is -0.623. The molecule has 1 heterocycles. The van der Waals surface area contributed by atoms with Gasteiger partial charge in [0, 0.05) is 23.6 Å². The number of hydrogen-bond acceptors (Lipinski definition) is 1. The van der Waals surface area contributed by atoms with Gasteiger partial charge in [-0.15, -0.1) is 11.6 Å². The maximum Gasteiger partial charge on any atom is 0.126 e. The smallest absolute Gasteiger partial charge is 0.126 e. The first kappa shape index (κ1) is 14.0. The normalized spacial score (nSPS) is 12.5. The van der Waals surface area contributed by atoms with E-state index in [1.54, 1.807) is 0 Å². The van der Waals surface area contributed by atoms with Crippen LogP contribution in [0.3, 0.4) is 0 Å². The van der Waals surface area contributed by atoms with Crippen LogP contribution in [0, 0.1) is 11.6 Å². The van der Waals surface area contributed by atoms with Gasteiger partial charge >= 0.3 is 0 Å². The van der Waals surface area contributed by atoms with Gasteiger partial charge in [0.05, 0.1) is 10.9 Å². The molecule has 0 N–H and O–H groups in total. The Labute approximate surface area is 126 Å². The lowest BCUT2D eigenvalue weighted by Crippen LogP contribution is -2.00. The number of pyridine rings is 1. The molecular formula is C17H12ClF2N. The van der Waals surface area contributed by atoms with Crippen LogP contribution >= 0.6 is 11.6 Å². The number of halogens is 3. The Morgan fingerprint density at radius 1 is 0.952 bits per heavy atom. The highest BCUT2D eigenvalue weighted by Crippen LogP contribution is 2.26. The molecular weight excluding hydrogens is 292 g/mol. The molecule has 4 heteroatoms. The average molecular weight is 304 g/mol. The molecule has 0 spiro atoms. The van der Waals surface area contributed by atoms with Crippen LogP contribution in [0.4, 0.5) is 8.78 Å². The van der Waals surface area contributed by atoms with Gasteiger partial charge in [-0.25, -0.2) is 8.78 Å². The summed E-state index contributed by atoms with van der Waals surface area (Å²) in [6, 6.07) is 14.9. The molecule has 1 aromatic heterocycles. The zero-order valence-electron chi connectivity index (χ0n) is 11.1. The second kappa shape index (κ2) is 5.78. The summed E-state index contributed by atoms with van der Waals surface area (Å²) in [5.41, 5.74) is 2.09. The van der Waals surface area contributed by atoms with Crippen LogP contribution in [0.15, 0.2) is 54.6 Å². The standard InChI is InChI=1S/C17H12ClF2N/c18-16(12-7-13(19)9-14(20)8-12)10-15-6-5-11-3-1-2-4-17(11)21-15/h1-9,16H,10H2. The highest BCUT2D eigenvalue weighted by Gasteiger charge is 2.12. The number of rotatable bonds is 3. The van der Waals surface area contributed by atoms with Crippen LogP contribution in [0.5, 0.6) is 0 Å². The maximum absolute atomic E-state index is 13.2. The molecule has 3 aromatic rings. The predicted octanol–water partition coefficient (Wildman–Crippen LogP) is 5.04. The molecule has 0 fully saturated rings. The van der Waals surface area contributed by atoms with Crippen molar-refractivity contribution in [1.29, 1.82) is 0 Å². The molecule has 1 unspecified atom stereocenters. The Bertz CT molecular complexity index is 768. The molecule has 106 valence electrons. The van der Waals surface area contributed by atoms with Crippen molar-refractivity contribution in [1.82, 2.24) is 4.98 Å². The Kier molecular flexibility index (Phi) is 3.84. The van der Waals surface area contributed by atoms with Crippen molar-refractivity contribution in [2.24, 2.45) is 0 Å². The van der Waals surface area contributed by atoms with Gasteiger partial charge in [0.25, 0.3) is 0 Å². The molecule has 0 bridgehead atoms. The van der Waals surface area contributed by atoms with Crippen molar-refractivity contribution in [3.05, 3.63) is 77.5 Å². The number of para-hydroxylation sites is 1. The van der Waals surface area contributed by atoms with Gasteiger partial charge in [-0.05, 0) is 29.8 Å². The van der Waals surface area contributed by atoms with Crippen molar-refractivity contribution in [3.63, 3.8) is 0 Å². The summed E-state index contributed by atoms with van der Waals surface area (Å²) in [6.45, 7) is 0. The van der Waals surface area contributed by atoms with Crippen molar-refractivity contribution >= 4 is 22.5 Å². The second-order valence-corrected chi connectivity index (χ2v) is 5.40. The number of fused-ring (bicyclic) bond motifs is 1. The van der Waals surface area contributed by atoms with E-state index >= 15 is 0 Å². The van der Waals surface area contributed by atoms with E-state index in [0.717, 1.165) is 22.7 Å². The van der Waals surface area contributed by atoms with Gasteiger partial charge in [-0.3, -0.25) is 4.98 Å². The predicted molar refractivity (Wildman–Crippen MR) is 80.4 cm³/mol. The molecule has 0 aliphatic rings. The Balaban J connectivity index is 1.86. The molecule has 2 aromatic carbocycles. The van der Waals surface area contributed by atoms with E-state index in [-0.39, 0.29) is 0 Å². The third-order valence-corrected chi connectivity index (χ3v) is 3.70. The summed E-state index contributed by atoms with van der Waals surface area (Å²) >= 11 is 6.26. The highest BCUT2D eigenvalue weighted by molar-refractivity contribution is 6.20. The largest absolute Gasteiger partial charge is 0.253 e. The van der Waals surface area contributed by atoms with Crippen LogP contribution in [-0.2, 0) is 6.42 Å². The lowest BCUT2D eigenvalue weighted by molar-refractivity contribution is 0.578. The maximum atomic E-state index is 13.2. The van der Waals surface area contributed by atoms with Crippen LogP contribution in [0.2, 0.25) is 0 Å². The van der Waals surface area contributed by atoms with E-state index in [4.69, 9.17) is 11.6 Å². The van der Waals surface area contributed by atoms with Crippen LogP contribution < -0.4 is 0 Å². The third-order valence-electron chi connectivity index (χ3n) is 3.29. The fourth-order valence-corrected chi connectivity index (χ4v) is 2.56. The lowest BCUT2D eigenvalue weighted by atomic mass is 10.1. The molecule has 0 saturated carbocycles. The van der Waals surface area contributed by atoms with Crippen molar-refractivity contribution in [3.8, 4) is 0 Å². The zero-order valence-corrected chi connectivity index (χ0v) is 11.8. The van der Waals surface area contributed by atoms with Crippen molar-refractivity contribution < 1.29 is 8.78 Å². The first-order valence-corrected chi connectivity index (χ1v) is 7.00. The lowest BCUT2D eigenvalue weighted by Gasteiger charge is -2.10. The fourth-order valence-electron chi connectivity index (χ4n) is 2.28. The van der Waals surface area contributed by atoms with E-state index in [1.165, 1.54) is 12.1 Å². The average Bonchev–Trinajstić information content (AvgIpc) is 2.46. The number of benzene rings is 2. The topological polar surface area (TPSA) is 12.9 Å². The quantitative estimate of drug-likeness (QED) is 0.618. The van der Waals surface area contributed by atoms with Crippen LogP contribution in [0.1, 0.15) is 16.6 Å². The molecule has 1 nitrogen and oxygen atoms in total. The first-order chi connectivity index (χ1) is 10.1. The molecule has 0 radical (unpaired) electrons. The summed E-state index contributed by atoms with van der Waals surface area (Å²) in [4.78, 5) is 4.51. The monoisotopic (exact) mass is 303 g/mol. The second-order valence-electron chi connectivity index (χ2n) is 4.87. The summed E-state index contributed by atoms with van der Waals surface area (Å²) in [5, 5.41) is 0.521. The molecule has 0 amide bonds. The van der Waals surface area contributed by atoms with E-state index < -0.39 is 17.0 Å². The van der Waals surface area contributed by atoms with Gasteiger partial charge in [0.15, 0.2) is 0 Å². The van der Waals surface area contributed by atoms with Gasteiger partial charge in [0.1, 0.15) is 11.6 Å². The minimum absolute atomic E-state index is 0.412. The third kappa shape index (κ3) is 3.19. The van der Waals surface area contributed by atoms with Crippen molar-refractivity contribution in [2.75, 3.05) is 0 Å². The van der Waals surface area contributed by atoms with Crippen LogP contribution in [-0.4, -0.2) is 4.98 Å². The number of aromatic nitrogens is 1. The first-order valence-electron chi connectivity index (χ1n) is 6.56. The summed E-state index contributed by atoms with van der Waals surface area (Å²) in [7, 11) is 0. The summed E-state index contributed by atoms with van der Waals surface area (Å²) in [6.07, 6.45) is 0.412. The van der Waals surface area contributed by atoms with E-state index in [1.807, 2.05) is 36.4 Å². The summed E-state index contributed by atoms with van der Waals surface area (Å²) in [5.74, 6) is -1.25. The van der Waals surface area contributed by atoms with Crippen LogP contribution in [0.25, 0.3) is 10.9 Å². The van der Waals surface area contributed by atoms with E-state index in [9.17, 15) is 8.78 Å². The van der Waals surface area contributed by atoms with Gasteiger partial charge < -0.3 is 0 Å². The molecule has 0 aliphatic carbocycles. The highest BCUT2D eigenvalue weighted by atomic mass is 35.5. The van der Waals surface area contributed by atoms with E-state index in [2.05, 4.69) is 4.98 Å². The van der Waals surface area contributed by atoms with Gasteiger partial charge in [-0.2, -0.15) is 0 Å². The minimum Gasteiger partial charge on any atom is -0.253 e. The Morgan fingerprint density at radius 3 is 2.43 bits per heavy atom. The Morgan fingerprint density at radius 2 is 1.67 bits per heavy atom. The molecule has 0 saturated heterocycles. The number of nitrogens with zero attached hydrogens (tertiary/aromatic N) is 1. The molecule has 1 atom stereocenters. The number of hydrogen-bond donors (Lipinski definition) is 0. The fraction of sp³-hybridized carbons (Fsp3) is 0.118. The Hall–Kier alpha value is -2.00. The molecule has 0 aliphatic heterocycles. The van der Waals surface area contributed by atoms with E-state index in [0.29, 0.717) is 12.0 Å².